The van der Waals surface area contributed by atoms with Gasteiger partial charge in [0, 0.05) is 23.6 Å². The first-order valence-corrected chi connectivity index (χ1v) is 8.13. The topological polar surface area (TPSA) is 41.6 Å². The Bertz CT molecular complexity index is 508. The van der Waals surface area contributed by atoms with Gasteiger partial charge in [-0.1, -0.05) is 19.1 Å². The number of nitrogens with zero attached hydrogens (tertiary/aromatic N) is 1. The zero-order valence-corrected chi connectivity index (χ0v) is 12.7. The molecule has 108 valence electrons. The molecule has 5 heteroatoms. The second-order valence-electron chi connectivity index (χ2n) is 5.33. The van der Waals surface area contributed by atoms with Crippen LogP contribution in [0.4, 0.5) is 5.69 Å². The zero-order chi connectivity index (χ0) is 14.1. The Kier molecular flexibility index (Phi) is 3.78. The number of carbonyl (C=O) groups is 1. The molecule has 0 aromatic heterocycles. The lowest BCUT2D eigenvalue weighted by atomic mass is 10.1. The average Bonchev–Trinajstić information content (AvgIpc) is 2.49. The molecular weight excluding hydrogens is 272 g/mol. The van der Waals surface area contributed by atoms with Gasteiger partial charge in [-0.3, -0.25) is 4.79 Å². The summed E-state index contributed by atoms with van der Waals surface area (Å²) in [6.45, 7) is 5.67. The number of benzene rings is 1. The number of fused-ring (bicyclic) bond motifs is 1. The van der Waals surface area contributed by atoms with E-state index < -0.39 is 6.10 Å². The van der Waals surface area contributed by atoms with Crippen LogP contribution in [0.25, 0.3) is 0 Å². The Balaban J connectivity index is 1.72. The van der Waals surface area contributed by atoms with Gasteiger partial charge in [0.1, 0.15) is 5.75 Å². The highest BCUT2D eigenvalue weighted by Gasteiger charge is 2.35. The molecule has 0 spiro atoms. The van der Waals surface area contributed by atoms with E-state index in [1.165, 1.54) is 0 Å². The summed E-state index contributed by atoms with van der Waals surface area (Å²) in [7, 11) is 0. The summed E-state index contributed by atoms with van der Waals surface area (Å²) < 4.78 is 5.87. The third-order valence-electron chi connectivity index (χ3n) is 4.08. The maximum Gasteiger partial charge on any atom is 0.265 e. The SMILES string of the molecule is CC1SCCN(C(=O)C2CNc3ccccc3O2)C1C. The molecule has 1 aromatic carbocycles. The molecule has 4 nitrogen and oxygen atoms in total. The highest BCUT2D eigenvalue weighted by molar-refractivity contribution is 8.00. The predicted molar refractivity (Wildman–Crippen MR) is 82.4 cm³/mol. The van der Waals surface area contributed by atoms with Gasteiger partial charge in [-0.05, 0) is 19.1 Å². The van der Waals surface area contributed by atoms with Crippen molar-refractivity contribution in [3.05, 3.63) is 24.3 Å². The van der Waals surface area contributed by atoms with E-state index >= 15 is 0 Å². The van der Waals surface area contributed by atoms with Crippen LogP contribution >= 0.6 is 11.8 Å². The van der Waals surface area contributed by atoms with Crippen LogP contribution < -0.4 is 10.1 Å². The normalized spacial score (nSPS) is 29.1. The van der Waals surface area contributed by atoms with Crippen molar-refractivity contribution in [3.63, 3.8) is 0 Å². The highest BCUT2D eigenvalue weighted by atomic mass is 32.2. The third-order valence-corrected chi connectivity index (χ3v) is 5.41. The Morgan fingerprint density at radius 1 is 1.40 bits per heavy atom. The number of rotatable bonds is 1. The van der Waals surface area contributed by atoms with Crippen molar-refractivity contribution >= 4 is 23.4 Å². The van der Waals surface area contributed by atoms with E-state index in [9.17, 15) is 4.79 Å². The molecular formula is C15H20N2O2S. The summed E-state index contributed by atoms with van der Waals surface area (Å²) in [4.78, 5) is 14.6. The minimum Gasteiger partial charge on any atom is -0.477 e. The molecule has 3 rings (SSSR count). The standard InChI is InChI=1S/C15H20N2O2S/c1-10-11(2)20-8-7-17(10)15(18)14-9-16-12-5-3-4-6-13(12)19-14/h3-6,10-11,14,16H,7-9H2,1-2H3. The van der Waals surface area contributed by atoms with Crippen LogP contribution in [-0.2, 0) is 4.79 Å². The molecule has 1 amide bonds. The molecule has 0 aliphatic carbocycles. The summed E-state index contributed by atoms with van der Waals surface area (Å²) in [5, 5.41) is 3.76. The summed E-state index contributed by atoms with van der Waals surface area (Å²) in [5.41, 5.74) is 0.965. The number of anilines is 1. The van der Waals surface area contributed by atoms with Crippen molar-refractivity contribution in [2.75, 3.05) is 24.2 Å². The average molecular weight is 292 g/mol. The van der Waals surface area contributed by atoms with Gasteiger partial charge < -0.3 is 15.0 Å². The van der Waals surface area contributed by atoms with E-state index in [1.54, 1.807) is 0 Å². The van der Waals surface area contributed by atoms with Gasteiger partial charge in [0.15, 0.2) is 6.10 Å². The minimum atomic E-state index is -0.414. The van der Waals surface area contributed by atoms with Gasteiger partial charge in [-0.15, -0.1) is 0 Å². The van der Waals surface area contributed by atoms with Crippen molar-refractivity contribution in [2.24, 2.45) is 0 Å². The van der Waals surface area contributed by atoms with Crippen molar-refractivity contribution in [3.8, 4) is 5.75 Å². The Morgan fingerprint density at radius 3 is 3.05 bits per heavy atom. The molecule has 1 N–H and O–H groups in total. The fraction of sp³-hybridized carbons (Fsp3) is 0.533. The highest BCUT2D eigenvalue weighted by Crippen LogP contribution is 2.30. The van der Waals surface area contributed by atoms with Gasteiger partial charge in [0.2, 0.25) is 0 Å². The van der Waals surface area contributed by atoms with Gasteiger partial charge >= 0.3 is 0 Å². The van der Waals surface area contributed by atoms with Crippen molar-refractivity contribution < 1.29 is 9.53 Å². The van der Waals surface area contributed by atoms with E-state index in [2.05, 4.69) is 19.2 Å². The van der Waals surface area contributed by atoms with Crippen molar-refractivity contribution in [2.45, 2.75) is 31.2 Å². The lowest BCUT2D eigenvalue weighted by Crippen LogP contribution is -2.54. The zero-order valence-electron chi connectivity index (χ0n) is 11.8. The molecule has 0 radical (unpaired) electrons. The van der Waals surface area contributed by atoms with Gasteiger partial charge in [0.05, 0.1) is 12.2 Å². The molecule has 1 fully saturated rings. The number of para-hydroxylation sites is 2. The lowest BCUT2D eigenvalue weighted by molar-refractivity contribution is -0.140. The summed E-state index contributed by atoms with van der Waals surface area (Å²) >= 11 is 1.93. The molecule has 1 aromatic rings. The van der Waals surface area contributed by atoms with E-state index in [0.29, 0.717) is 11.8 Å². The third kappa shape index (κ3) is 2.46. The molecule has 0 bridgehead atoms. The quantitative estimate of drug-likeness (QED) is 0.862. The molecule has 0 saturated carbocycles. The molecule has 20 heavy (non-hydrogen) atoms. The monoisotopic (exact) mass is 292 g/mol. The van der Waals surface area contributed by atoms with E-state index in [1.807, 2.05) is 40.9 Å². The fourth-order valence-corrected chi connectivity index (χ4v) is 3.78. The molecule has 2 aliphatic rings. The number of hydrogen-bond donors (Lipinski definition) is 1. The van der Waals surface area contributed by atoms with E-state index in [-0.39, 0.29) is 11.9 Å². The van der Waals surface area contributed by atoms with Crippen molar-refractivity contribution in [1.82, 2.24) is 4.90 Å². The van der Waals surface area contributed by atoms with Crippen LogP contribution in [0.5, 0.6) is 5.75 Å². The number of hydrogen-bond acceptors (Lipinski definition) is 4. The van der Waals surface area contributed by atoms with Crippen LogP contribution in [0.1, 0.15) is 13.8 Å². The Morgan fingerprint density at radius 2 is 2.20 bits per heavy atom. The largest absolute Gasteiger partial charge is 0.477 e. The van der Waals surface area contributed by atoms with Crippen LogP contribution in [0.3, 0.4) is 0 Å². The van der Waals surface area contributed by atoms with Crippen LogP contribution in [-0.4, -0.2) is 47.0 Å². The fourth-order valence-electron chi connectivity index (χ4n) is 2.68. The second-order valence-corrected chi connectivity index (χ2v) is 6.82. The van der Waals surface area contributed by atoms with Gasteiger partial charge in [0.25, 0.3) is 5.91 Å². The molecule has 1 saturated heterocycles. The van der Waals surface area contributed by atoms with E-state index in [4.69, 9.17) is 4.74 Å². The van der Waals surface area contributed by atoms with Gasteiger partial charge in [-0.25, -0.2) is 0 Å². The number of carbonyl (C=O) groups excluding carboxylic acids is 1. The summed E-state index contributed by atoms with van der Waals surface area (Å²) in [6.07, 6.45) is -0.414. The summed E-state index contributed by atoms with van der Waals surface area (Å²) in [5.74, 6) is 1.88. The summed E-state index contributed by atoms with van der Waals surface area (Å²) in [6, 6.07) is 8.03. The first-order chi connectivity index (χ1) is 9.66. The maximum absolute atomic E-state index is 12.7. The van der Waals surface area contributed by atoms with Crippen LogP contribution in [0, 0.1) is 0 Å². The van der Waals surface area contributed by atoms with Crippen LogP contribution in [0.15, 0.2) is 24.3 Å². The Labute approximate surface area is 123 Å². The smallest absolute Gasteiger partial charge is 0.265 e. The first kappa shape index (κ1) is 13.6. The molecule has 3 unspecified atom stereocenters. The van der Waals surface area contributed by atoms with E-state index in [0.717, 1.165) is 23.7 Å². The Hall–Kier alpha value is -1.36. The molecule has 2 aliphatic heterocycles. The maximum atomic E-state index is 12.7. The van der Waals surface area contributed by atoms with Crippen LogP contribution in [0.2, 0.25) is 0 Å². The number of nitrogens with one attached hydrogen (secondary N) is 1. The second kappa shape index (κ2) is 5.56. The van der Waals surface area contributed by atoms with Gasteiger partial charge in [-0.2, -0.15) is 11.8 Å². The number of amides is 1. The molecule has 3 atom stereocenters. The number of thioether (sulfide) groups is 1. The first-order valence-electron chi connectivity index (χ1n) is 7.08. The molecule has 2 heterocycles. The minimum absolute atomic E-state index is 0.103. The lowest BCUT2D eigenvalue weighted by Gasteiger charge is -2.40. The predicted octanol–water partition coefficient (Wildman–Crippen LogP) is 2.21. The number of ether oxygens (including phenoxy) is 1. The van der Waals surface area contributed by atoms with Crippen molar-refractivity contribution in [1.29, 1.82) is 0 Å².